The van der Waals surface area contributed by atoms with Crippen molar-refractivity contribution in [3.8, 4) is 17.2 Å². The van der Waals surface area contributed by atoms with E-state index in [0.29, 0.717) is 45.6 Å². The number of hydrazone groups is 1. The van der Waals surface area contributed by atoms with Crippen molar-refractivity contribution in [2.75, 3.05) is 31.5 Å². The number of thioether (sulfide) groups is 1. The molecule has 2 aliphatic rings. The standard InChI is InChI=1S/C19H17ClN4O4S/c1-24-9-18(28-14-5-2-12(20)3-6-14)22-19(23-24)29-10-17(25)21-13-4-7-15-16(8-13)27-11-26-15/h2-8H,9-11H2,1H3,(H,21,25). The van der Waals surface area contributed by atoms with Crippen LogP contribution in [0.15, 0.2) is 52.6 Å². The molecule has 0 saturated heterocycles. The van der Waals surface area contributed by atoms with Gasteiger partial charge in [-0.15, -0.1) is 5.10 Å². The molecule has 150 valence electrons. The Kier molecular flexibility index (Phi) is 5.77. The quantitative estimate of drug-likeness (QED) is 0.796. The second-order valence-corrected chi connectivity index (χ2v) is 7.54. The van der Waals surface area contributed by atoms with Crippen molar-refractivity contribution in [3.05, 3.63) is 47.5 Å². The largest absolute Gasteiger partial charge is 0.454 e. The van der Waals surface area contributed by atoms with Gasteiger partial charge in [0.15, 0.2) is 11.5 Å². The zero-order valence-corrected chi connectivity index (χ0v) is 17.0. The summed E-state index contributed by atoms with van der Waals surface area (Å²) in [5, 5.41) is 9.93. The van der Waals surface area contributed by atoms with Gasteiger partial charge in [0, 0.05) is 23.8 Å². The summed E-state index contributed by atoms with van der Waals surface area (Å²) in [5.74, 6) is 2.37. The van der Waals surface area contributed by atoms with Gasteiger partial charge in [-0.2, -0.15) is 4.99 Å². The van der Waals surface area contributed by atoms with Crippen LogP contribution in [0.2, 0.25) is 5.02 Å². The summed E-state index contributed by atoms with van der Waals surface area (Å²) >= 11 is 7.11. The highest BCUT2D eigenvalue weighted by molar-refractivity contribution is 8.14. The van der Waals surface area contributed by atoms with Gasteiger partial charge >= 0.3 is 0 Å². The molecule has 1 N–H and O–H groups in total. The Balaban J connectivity index is 1.33. The minimum absolute atomic E-state index is 0.152. The number of nitrogens with zero attached hydrogens (tertiary/aromatic N) is 3. The van der Waals surface area contributed by atoms with Gasteiger partial charge in [0.2, 0.25) is 23.8 Å². The molecule has 2 aromatic rings. The lowest BCUT2D eigenvalue weighted by Gasteiger charge is -2.20. The van der Waals surface area contributed by atoms with Crippen LogP contribution in [0.1, 0.15) is 0 Å². The van der Waals surface area contributed by atoms with Gasteiger partial charge < -0.3 is 19.5 Å². The molecular weight excluding hydrogens is 416 g/mol. The number of hydrogen-bond donors (Lipinski definition) is 1. The van der Waals surface area contributed by atoms with Crippen LogP contribution in [-0.2, 0) is 4.79 Å². The van der Waals surface area contributed by atoms with E-state index in [1.807, 2.05) is 7.05 Å². The third-order valence-corrected chi connectivity index (χ3v) is 4.97. The summed E-state index contributed by atoms with van der Waals surface area (Å²) in [6, 6.07) is 12.3. The van der Waals surface area contributed by atoms with E-state index in [-0.39, 0.29) is 18.5 Å². The first-order valence-corrected chi connectivity index (χ1v) is 10.0. The molecule has 0 fully saturated rings. The molecule has 10 heteroatoms. The lowest BCUT2D eigenvalue weighted by atomic mass is 10.3. The number of ether oxygens (including phenoxy) is 3. The van der Waals surface area contributed by atoms with Crippen LogP contribution in [0, 0.1) is 0 Å². The van der Waals surface area contributed by atoms with E-state index in [9.17, 15) is 4.79 Å². The number of fused-ring (bicyclic) bond motifs is 1. The number of rotatable bonds is 4. The molecule has 4 rings (SSSR count). The average molecular weight is 433 g/mol. The molecule has 29 heavy (non-hydrogen) atoms. The Morgan fingerprint density at radius 2 is 2.03 bits per heavy atom. The van der Waals surface area contributed by atoms with Crippen LogP contribution in [0.5, 0.6) is 17.2 Å². The van der Waals surface area contributed by atoms with Crippen molar-refractivity contribution in [3.63, 3.8) is 0 Å². The molecule has 2 aromatic carbocycles. The van der Waals surface area contributed by atoms with Gasteiger partial charge in [0.05, 0.1) is 5.75 Å². The van der Waals surface area contributed by atoms with Crippen LogP contribution < -0.4 is 19.5 Å². The molecule has 0 atom stereocenters. The van der Waals surface area contributed by atoms with E-state index >= 15 is 0 Å². The first kappa shape index (κ1) is 19.4. The van der Waals surface area contributed by atoms with Crippen LogP contribution >= 0.6 is 23.4 Å². The van der Waals surface area contributed by atoms with Gasteiger partial charge in [-0.05, 0) is 36.4 Å². The Morgan fingerprint density at radius 1 is 1.24 bits per heavy atom. The number of aliphatic imine (C=N–C) groups is 1. The zero-order chi connectivity index (χ0) is 20.2. The molecular formula is C19H17ClN4O4S. The highest BCUT2D eigenvalue weighted by Gasteiger charge is 2.17. The Labute approximate surface area is 176 Å². The van der Waals surface area contributed by atoms with E-state index in [0.717, 1.165) is 0 Å². The summed E-state index contributed by atoms with van der Waals surface area (Å²) < 4.78 is 16.4. The molecule has 2 heterocycles. The third-order valence-electron chi connectivity index (χ3n) is 3.88. The lowest BCUT2D eigenvalue weighted by molar-refractivity contribution is -0.113. The number of halogens is 1. The number of hydrogen-bond acceptors (Lipinski definition) is 8. The fraction of sp³-hybridized carbons (Fsp3) is 0.211. The number of carbonyl (C=O) groups is 1. The van der Waals surface area contributed by atoms with Crippen molar-refractivity contribution in [2.24, 2.45) is 10.1 Å². The zero-order valence-electron chi connectivity index (χ0n) is 15.4. The highest BCUT2D eigenvalue weighted by Crippen LogP contribution is 2.34. The summed E-state index contributed by atoms with van der Waals surface area (Å²) in [4.78, 5) is 16.7. The number of anilines is 1. The predicted molar refractivity (Wildman–Crippen MR) is 113 cm³/mol. The normalized spacial score (nSPS) is 14.9. The molecule has 1 amide bonds. The molecule has 0 saturated carbocycles. The Bertz CT molecular complexity index is 981. The minimum Gasteiger partial charge on any atom is -0.454 e. The number of amidine groups is 1. The van der Waals surface area contributed by atoms with Crippen molar-refractivity contribution in [1.29, 1.82) is 0 Å². The maximum absolute atomic E-state index is 12.3. The van der Waals surface area contributed by atoms with E-state index in [1.54, 1.807) is 47.5 Å². The topological polar surface area (TPSA) is 84.8 Å². The molecule has 0 spiro atoms. The van der Waals surface area contributed by atoms with Gasteiger partial charge in [-0.25, -0.2) is 0 Å². The molecule has 0 aromatic heterocycles. The van der Waals surface area contributed by atoms with Gasteiger partial charge in [-0.3, -0.25) is 9.80 Å². The van der Waals surface area contributed by atoms with Crippen LogP contribution in [0.4, 0.5) is 5.69 Å². The molecule has 2 aliphatic heterocycles. The van der Waals surface area contributed by atoms with Gasteiger partial charge in [0.1, 0.15) is 12.3 Å². The summed E-state index contributed by atoms with van der Waals surface area (Å²) in [7, 11) is 1.81. The summed E-state index contributed by atoms with van der Waals surface area (Å²) in [6.07, 6.45) is 0. The molecule has 0 bridgehead atoms. The average Bonchev–Trinajstić information content (AvgIpc) is 3.16. The second kappa shape index (κ2) is 8.62. The van der Waals surface area contributed by atoms with E-state index in [2.05, 4.69) is 15.4 Å². The van der Waals surface area contributed by atoms with Crippen LogP contribution in [0.3, 0.4) is 0 Å². The SMILES string of the molecule is CN1CC(Oc2ccc(Cl)cc2)=NC(SCC(=O)Nc2ccc3c(c2)OCO3)=N1. The second-order valence-electron chi connectivity index (χ2n) is 6.16. The van der Waals surface area contributed by atoms with Crippen molar-refractivity contribution in [2.45, 2.75) is 0 Å². The fourth-order valence-corrected chi connectivity index (χ4v) is 3.42. The van der Waals surface area contributed by atoms with E-state index in [1.165, 1.54) is 11.8 Å². The van der Waals surface area contributed by atoms with Crippen molar-refractivity contribution in [1.82, 2.24) is 5.01 Å². The molecule has 8 nitrogen and oxygen atoms in total. The summed E-state index contributed by atoms with van der Waals surface area (Å²) in [5.41, 5.74) is 0.637. The maximum Gasteiger partial charge on any atom is 0.234 e. The predicted octanol–water partition coefficient (Wildman–Crippen LogP) is 3.43. The van der Waals surface area contributed by atoms with E-state index < -0.39 is 0 Å². The van der Waals surface area contributed by atoms with Crippen LogP contribution in [-0.4, -0.2) is 48.1 Å². The first-order valence-electron chi connectivity index (χ1n) is 8.68. The van der Waals surface area contributed by atoms with Crippen molar-refractivity contribution >= 4 is 46.0 Å². The maximum atomic E-state index is 12.3. The number of carbonyl (C=O) groups excluding carboxylic acids is 1. The first-order chi connectivity index (χ1) is 14.0. The summed E-state index contributed by atoms with van der Waals surface area (Å²) in [6.45, 7) is 0.616. The number of nitrogens with one attached hydrogen (secondary N) is 1. The lowest BCUT2D eigenvalue weighted by Crippen LogP contribution is -2.31. The van der Waals surface area contributed by atoms with Crippen molar-refractivity contribution < 1.29 is 19.0 Å². The number of likely N-dealkylation sites (N-methyl/N-ethyl adjacent to an activating group) is 1. The Hall–Kier alpha value is -2.91. The van der Waals surface area contributed by atoms with Gasteiger partial charge in [-0.1, -0.05) is 23.4 Å². The monoisotopic (exact) mass is 432 g/mol. The van der Waals surface area contributed by atoms with E-state index in [4.69, 9.17) is 25.8 Å². The van der Waals surface area contributed by atoms with Gasteiger partial charge in [0.25, 0.3) is 0 Å². The third kappa shape index (κ3) is 5.12. The van der Waals surface area contributed by atoms with Crippen LogP contribution in [0.25, 0.3) is 0 Å². The number of amides is 1. The Morgan fingerprint density at radius 3 is 2.86 bits per heavy atom. The minimum atomic E-state index is -0.180. The number of benzene rings is 2. The highest BCUT2D eigenvalue weighted by atomic mass is 35.5. The molecule has 0 aliphatic carbocycles. The molecule has 0 radical (unpaired) electrons. The smallest absolute Gasteiger partial charge is 0.234 e. The fourth-order valence-electron chi connectivity index (χ4n) is 2.60. The molecule has 0 unspecified atom stereocenters.